The van der Waals surface area contributed by atoms with Crippen LogP contribution in [0.4, 0.5) is 0 Å². The van der Waals surface area contributed by atoms with E-state index in [0.29, 0.717) is 0 Å². The number of amides is 1. The molecule has 4 nitrogen and oxygen atoms in total. The van der Waals surface area contributed by atoms with Gasteiger partial charge in [-0.25, -0.2) is 0 Å². The Morgan fingerprint density at radius 1 is 1.42 bits per heavy atom. The molecule has 0 aliphatic heterocycles. The highest BCUT2D eigenvalue weighted by Crippen LogP contribution is 2.34. The van der Waals surface area contributed by atoms with Crippen molar-refractivity contribution in [3.05, 3.63) is 0 Å². The van der Waals surface area contributed by atoms with Crippen LogP contribution in [0.1, 0.15) is 58.8 Å². The zero-order chi connectivity index (χ0) is 13.9. The molecule has 0 radical (unpaired) electrons. The number of primary amides is 1. The summed E-state index contributed by atoms with van der Waals surface area (Å²) in [6.07, 6.45) is 7.96. The second-order valence-corrected chi connectivity index (χ2v) is 6.57. The third kappa shape index (κ3) is 3.69. The van der Waals surface area contributed by atoms with Gasteiger partial charge in [-0.05, 0) is 39.0 Å². The fourth-order valence-electron chi connectivity index (χ4n) is 3.30. The number of carbonyl (C=O) groups excluding carboxylic acids is 1. The summed E-state index contributed by atoms with van der Waals surface area (Å²) in [5, 5.41) is 3.35. The van der Waals surface area contributed by atoms with Gasteiger partial charge in [0.25, 0.3) is 0 Å². The van der Waals surface area contributed by atoms with Crippen molar-refractivity contribution in [2.45, 2.75) is 76.5 Å². The molecule has 2 aliphatic rings. The Hall–Kier alpha value is -0.610. The van der Waals surface area contributed by atoms with Gasteiger partial charge in [0.1, 0.15) is 5.54 Å². The summed E-state index contributed by atoms with van der Waals surface area (Å²) in [5.41, 5.74) is 5.05. The molecule has 2 rings (SSSR count). The van der Waals surface area contributed by atoms with Gasteiger partial charge in [0.15, 0.2) is 0 Å². The van der Waals surface area contributed by atoms with Gasteiger partial charge in [0.2, 0.25) is 5.91 Å². The number of hydrogen-bond donors (Lipinski definition) is 2. The molecule has 2 unspecified atom stereocenters. The molecule has 0 aromatic rings. The molecular formula is C15H28N2O2. The summed E-state index contributed by atoms with van der Waals surface area (Å²) >= 11 is 0. The monoisotopic (exact) mass is 268 g/mol. The maximum absolute atomic E-state index is 11.7. The fourth-order valence-corrected chi connectivity index (χ4v) is 3.30. The lowest BCUT2D eigenvalue weighted by Crippen LogP contribution is -2.56. The Morgan fingerprint density at radius 3 is 2.68 bits per heavy atom. The number of nitrogens with two attached hydrogens (primary N) is 1. The molecule has 0 spiro atoms. The van der Waals surface area contributed by atoms with Gasteiger partial charge in [0.05, 0.1) is 6.10 Å². The molecule has 0 heterocycles. The number of ether oxygens (including phenoxy) is 1. The van der Waals surface area contributed by atoms with Crippen LogP contribution in [0, 0.1) is 5.92 Å². The first-order valence-corrected chi connectivity index (χ1v) is 7.71. The van der Waals surface area contributed by atoms with E-state index in [-0.39, 0.29) is 18.1 Å². The lowest BCUT2D eigenvalue weighted by atomic mass is 9.83. The molecule has 110 valence electrons. The third-order valence-corrected chi connectivity index (χ3v) is 4.61. The van der Waals surface area contributed by atoms with Gasteiger partial charge in [-0.15, -0.1) is 0 Å². The summed E-state index contributed by atoms with van der Waals surface area (Å²) in [5.74, 6) is 0.655. The molecule has 2 fully saturated rings. The molecular weight excluding hydrogens is 240 g/mol. The molecule has 19 heavy (non-hydrogen) atoms. The zero-order valence-corrected chi connectivity index (χ0v) is 12.3. The minimum absolute atomic E-state index is 0.193. The number of carbonyl (C=O) groups is 1. The SMILES string of the molecule is CC(C)NC1(C(N)=O)CCC(OCCC2CCC2)C1. The van der Waals surface area contributed by atoms with Crippen LogP contribution in [0.2, 0.25) is 0 Å². The van der Waals surface area contributed by atoms with E-state index in [9.17, 15) is 4.79 Å². The van der Waals surface area contributed by atoms with Crippen LogP contribution in [0.15, 0.2) is 0 Å². The van der Waals surface area contributed by atoms with E-state index in [1.165, 1.54) is 25.7 Å². The Morgan fingerprint density at radius 2 is 2.16 bits per heavy atom. The minimum Gasteiger partial charge on any atom is -0.378 e. The van der Waals surface area contributed by atoms with E-state index in [0.717, 1.165) is 31.8 Å². The predicted molar refractivity (Wildman–Crippen MR) is 75.7 cm³/mol. The van der Waals surface area contributed by atoms with Gasteiger partial charge < -0.3 is 15.8 Å². The zero-order valence-electron chi connectivity index (χ0n) is 12.3. The normalized spacial score (nSPS) is 31.6. The van der Waals surface area contributed by atoms with Crippen LogP contribution in [0.5, 0.6) is 0 Å². The molecule has 0 aromatic carbocycles. The highest BCUT2D eigenvalue weighted by molar-refractivity contribution is 5.85. The van der Waals surface area contributed by atoms with Crippen molar-refractivity contribution in [3.8, 4) is 0 Å². The highest BCUT2D eigenvalue weighted by Gasteiger charge is 2.44. The standard InChI is InChI=1S/C15H28N2O2/c1-11(2)17-15(14(16)18)8-6-13(10-15)19-9-7-12-4-3-5-12/h11-13,17H,3-10H2,1-2H3,(H2,16,18). The number of hydrogen-bond acceptors (Lipinski definition) is 3. The van der Waals surface area contributed by atoms with Crippen LogP contribution < -0.4 is 11.1 Å². The molecule has 0 bridgehead atoms. The first-order valence-electron chi connectivity index (χ1n) is 7.71. The van der Waals surface area contributed by atoms with E-state index in [4.69, 9.17) is 10.5 Å². The van der Waals surface area contributed by atoms with Gasteiger partial charge in [0, 0.05) is 19.1 Å². The van der Waals surface area contributed by atoms with E-state index in [1.807, 2.05) is 0 Å². The number of nitrogens with one attached hydrogen (secondary N) is 1. The predicted octanol–water partition coefficient (Wildman–Crippen LogP) is 1.97. The van der Waals surface area contributed by atoms with Crippen LogP contribution >= 0.6 is 0 Å². The van der Waals surface area contributed by atoms with Gasteiger partial charge >= 0.3 is 0 Å². The lowest BCUT2D eigenvalue weighted by Gasteiger charge is -2.30. The topological polar surface area (TPSA) is 64.3 Å². The van der Waals surface area contributed by atoms with Gasteiger partial charge in [-0.2, -0.15) is 0 Å². The van der Waals surface area contributed by atoms with Gasteiger partial charge in [-0.1, -0.05) is 19.3 Å². The first kappa shape index (κ1) is 14.8. The third-order valence-electron chi connectivity index (χ3n) is 4.61. The van der Waals surface area contributed by atoms with E-state index < -0.39 is 5.54 Å². The van der Waals surface area contributed by atoms with E-state index >= 15 is 0 Å². The molecule has 4 heteroatoms. The summed E-state index contributed by atoms with van der Waals surface area (Å²) in [7, 11) is 0. The molecule has 2 atom stereocenters. The molecule has 2 saturated carbocycles. The van der Waals surface area contributed by atoms with Crippen molar-refractivity contribution >= 4 is 5.91 Å². The lowest BCUT2D eigenvalue weighted by molar-refractivity contribution is -0.125. The first-order chi connectivity index (χ1) is 9.02. The van der Waals surface area contributed by atoms with Crippen molar-refractivity contribution in [2.24, 2.45) is 11.7 Å². The van der Waals surface area contributed by atoms with Crippen molar-refractivity contribution in [1.29, 1.82) is 0 Å². The minimum atomic E-state index is -0.546. The molecule has 3 N–H and O–H groups in total. The van der Waals surface area contributed by atoms with Crippen LogP contribution in [0.3, 0.4) is 0 Å². The van der Waals surface area contributed by atoms with Crippen molar-refractivity contribution in [1.82, 2.24) is 5.32 Å². The highest BCUT2D eigenvalue weighted by atomic mass is 16.5. The Labute approximate surface area is 116 Å². The van der Waals surface area contributed by atoms with Crippen molar-refractivity contribution in [3.63, 3.8) is 0 Å². The molecule has 1 amide bonds. The van der Waals surface area contributed by atoms with E-state index in [2.05, 4.69) is 19.2 Å². The summed E-state index contributed by atoms with van der Waals surface area (Å²) < 4.78 is 5.95. The molecule has 0 aromatic heterocycles. The molecule has 0 saturated heterocycles. The summed E-state index contributed by atoms with van der Waals surface area (Å²) in [6.45, 7) is 4.94. The van der Waals surface area contributed by atoms with E-state index in [1.54, 1.807) is 0 Å². The smallest absolute Gasteiger partial charge is 0.237 e. The largest absolute Gasteiger partial charge is 0.378 e. The van der Waals surface area contributed by atoms with Crippen LogP contribution in [0.25, 0.3) is 0 Å². The fraction of sp³-hybridized carbons (Fsp3) is 0.933. The average Bonchev–Trinajstić information content (AvgIpc) is 2.66. The maximum atomic E-state index is 11.7. The van der Waals surface area contributed by atoms with Crippen LogP contribution in [-0.2, 0) is 9.53 Å². The summed E-state index contributed by atoms with van der Waals surface area (Å²) in [6, 6.07) is 0.265. The number of rotatable bonds is 7. The Balaban J connectivity index is 1.77. The maximum Gasteiger partial charge on any atom is 0.237 e. The summed E-state index contributed by atoms with van der Waals surface area (Å²) in [4.78, 5) is 11.7. The quantitative estimate of drug-likeness (QED) is 0.742. The second-order valence-electron chi connectivity index (χ2n) is 6.57. The Bertz CT molecular complexity index is 315. The van der Waals surface area contributed by atoms with Gasteiger partial charge in [-0.3, -0.25) is 4.79 Å². The average molecular weight is 268 g/mol. The van der Waals surface area contributed by atoms with Crippen molar-refractivity contribution < 1.29 is 9.53 Å². The van der Waals surface area contributed by atoms with Crippen molar-refractivity contribution in [2.75, 3.05) is 6.61 Å². The van der Waals surface area contributed by atoms with Crippen LogP contribution in [-0.4, -0.2) is 30.2 Å². The second kappa shape index (κ2) is 6.23. The molecule has 2 aliphatic carbocycles. The Kier molecular flexibility index (Phi) is 4.85.